The van der Waals surface area contributed by atoms with Gasteiger partial charge >= 0.3 is 0 Å². The van der Waals surface area contributed by atoms with Crippen molar-refractivity contribution in [3.05, 3.63) is 95.8 Å². The van der Waals surface area contributed by atoms with Crippen molar-refractivity contribution in [1.29, 1.82) is 0 Å². The smallest absolute Gasteiger partial charge is 0.228 e. The molecule has 0 aliphatic carbocycles. The van der Waals surface area contributed by atoms with Gasteiger partial charge in [0.2, 0.25) is 11.7 Å². The molecule has 172 valence electrons. The summed E-state index contributed by atoms with van der Waals surface area (Å²) < 4.78 is 16.7. The summed E-state index contributed by atoms with van der Waals surface area (Å²) in [4.78, 5) is 6.63. The van der Waals surface area contributed by atoms with E-state index in [-0.39, 0.29) is 6.61 Å². The zero-order valence-electron chi connectivity index (χ0n) is 18.8. The minimum absolute atomic E-state index is 0.252. The summed E-state index contributed by atoms with van der Waals surface area (Å²) in [5.74, 6) is 1.97. The highest BCUT2D eigenvalue weighted by atomic mass is 16.5. The van der Waals surface area contributed by atoms with E-state index in [0.29, 0.717) is 44.4 Å². The second-order valence-corrected chi connectivity index (χ2v) is 8.10. The number of hydrogen-bond donors (Lipinski definition) is 1. The molecule has 0 radical (unpaired) electrons. The van der Waals surface area contributed by atoms with Crippen LogP contribution in [0.2, 0.25) is 0 Å². The SMILES string of the molecule is Cc1ccc(-c2noc(CCN(Cc3ccco3)CC(O)COCc3ccccc3)n2)cc1. The van der Waals surface area contributed by atoms with Crippen molar-refractivity contribution in [2.45, 2.75) is 32.6 Å². The first-order valence-corrected chi connectivity index (χ1v) is 11.1. The highest BCUT2D eigenvalue weighted by Gasteiger charge is 2.16. The second-order valence-electron chi connectivity index (χ2n) is 8.10. The average molecular weight is 448 g/mol. The van der Waals surface area contributed by atoms with Crippen LogP contribution in [0, 0.1) is 6.92 Å². The number of hydrogen-bond acceptors (Lipinski definition) is 7. The van der Waals surface area contributed by atoms with E-state index >= 15 is 0 Å². The molecule has 2 aromatic carbocycles. The summed E-state index contributed by atoms with van der Waals surface area (Å²) >= 11 is 0. The number of aryl methyl sites for hydroxylation is 1. The molecule has 4 aromatic rings. The minimum Gasteiger partial charge on any atom is -0.468 e. The largest absolute Gasteiger partial charge is 0.468 e. The van der Waals surface area contributed by atoms with Gasteiger partial charge in [-0.05, 0) is 24.6 Å². The third kappa shape index (κ3) is 7.12. The number of nitrogens with zero attached hydrogens (tertiary/aromatic N) is 3. The van der Waals surface area contributed by atoms with Crippen LogP contribution in [0.4, 0.5) is 0 Å². The van der Waals surface area contributed by atoms with Crippen LogP contribution in [0.1, 0.15) is 22.8 Å². The Hall–Kier alpha value is -3.26. The van der Waals surface area contributed by atoms with Crippen LogP contribution >= 0.6 is 0 Å². The maximum absolute atomic E-state index is 10.5. The molecule has 0 amide bonds. The Morgan fingerprint density at radius 1 is 1.03 bits per heavy atom. The summed E-state index contributed by atoms with van der Waals surface area (Å²) in [5.41, 5.74) is 3.19. The lowest BCUT2D eigenvalue weighted by Gasteiger charge is -2.23. The van der Waals surface area contributed by atoms with E-state index in [9.17, 15) is 5.11 Å². The van der Waals surface area contributed by atoms with Crippen LogP contribution in [0.25, 0.3) is 11.4 Å². The van der Waals surface area contributed by atoms with Gasteiger partial charge in [0.25, 0.3) is 0 Å². The van der Waals surface area contributed by atoms with Gasteiger partial charge in [-0.2, -0.15) is 4.98 Å². The van der Waals surface area contributed by atoms with E-state index < -0.39 is 6.10 Å². The molecule has 2 aromatic heterocycles. The molecule has 0 saturated heterocycles. The predicted molar refractivity (Wildman–Crippen MR) is 124 cm³/mol. The Bertz CT molecular complexity index is 1080. The molecule has 0 fully saturated rings. The maximum atomic E-state index is 10.5. The topological polar surface area (TPSA) is 84.8 Å². The summed E-state index contributed by atoms with van der Waals surface area (Å²) in [7, 11) is 0. The molecule has 0 aliphatic heterocycles. The number of aliphatic hydroxyl groups excluding tert-OH is 1. The van der Waals surface area contributed by atoms with Gasteiger partial charge in [-0.1, -0.05) is 65.3 Å². The van der Waals surface area contributed by atoms with Gasteiger partial charge in [0.15, 0.2) is 0 Å². The molecule has 0 bridgehead atoms. The van der Waals surface area contributed by atoms with Crippen LogP contribution in [-0.4, -0.2) is 45.9 Å². The fourth-order valence-electron chi connectivity index (χ4n) is 3.53. The molecular weight excluding hydrogens is 418 g/mol. The molecule has 0 spiro atoms. The summed E-state index contributed by atoms with van der Waals surface area (Å²) in [6.07, 6.45) is 1.59. The second kappa shape index (κ2) is 11.6. The molecule has 0 saturated carbocycles. The lowest BCUT2D eigenvalue weighted by molar-refractivity contribution is 0.00750. The van der Waals surface area contributed by atoms with Crippen LogP contribution in [0.15, 0.2) is 81.9 Å². The van der Waals surface area contributed by atoms with E-state index in [4.69, 9.17) is 13.7 Å². The third-order valence-electron chi connectivity index (χ3n) is 5.27. The predicted octanol–water partition coefficient (Wildman–Crippen LogP) is 4.26. The van der Waals surface area contributed by atoms with Crippen molar-refractivity contribution in [3.8, 4) is 11.4 Å². The Kier molecular flexibility index (Phi) is 8.03. The number of aromatic nitrogens is 2. The molecule has 7 nitrogen and oxygen atoms in total. The first-order chi connectivity index (χ1) is 16.2. The molecular formula is C26H29N3O4. The highest BCUT2D eigenvalue weighted by molar-refractivity contribution is 5.54. The zero-order valence-corrected chi connectivity index (χ0v) is 18.8. The van der Waals surface area contributed by atoms with Gasteiger partial charge in [0.05, 0.1) is 32.1 Å². The summed E-state index contributed by atoms with van der Waals surface area (Å²) in [5, 5.41) is 14.7. The van der Waals surface area contributed by atoms with Gasteiger partial charge in [-0.3, -0.25) is 4.90 Å². The number of rotatable bonds is 12. The van der Waals surface area contributed by atoms with Gasteiger partial charge < -0.3 is 18.8 Å². The zero-order chi connectivity index (χ0) is 22.9. The number of ether oxygens (including phenoxy) is 1. The lowest BCUT2D eigenvalue weighted by atomic mass is 10.1. The van der Waals surface area contributed by atoms with Crippen molar-refractivity contribution in [2.75, 3.05) is 19.7 Å². The Morgan fingerprint density at radius 3 is 2.61 bits per heavy atom. The van der Waals surface area contributed by atoms with E-state index in [0.717, 1.165) is 16.9 Å². The number of furan rings is 1. The fourth-order valence-corrected chi connectivity index (χ4v) is 3.53. The van der Waals surface area contributed by atoms with Crippen LogP contribution in [-0.2, 0) is 24.3 Å². The highest BCUT2D eigenvalue weighted by Crippen LogP contribution is 2.17. The maximum Gasteiger partial charge on any atom is 0.228 e. The Balaban J connectivity index is 1.31. The van der Waals surface area contributed by atoms with Crippen molar-refractivity contribution >= 4 is 0 Å². The van der Waals surface area contributed by atoms with Gasteiger partial charge in [0, 0.05) is 25.1 Å². The van der Waals surface area contributed by atoms with Crippen molar-refractivity contribution in [3.63, 3.8) is 0 Å². The normalized spacial score (nSPS) is 12.3. The number of benzene rings is 2. The van der Waals surface area contributed by atoms with Gasteiger partial charge in [-0.25, -0.2) is 0 Å². The molecule has 7 heteroatoms. The van der Waals surface area contributed by atoms with E-state index in [1.54, 1.807) is 6.26 Å². The lowest BCUT2D eigenvalue weighted by Crippen LogP contribution is -2.35. The van der Waals surface area contributed by atoms with Crippen molar-refractivity contribution in [1.82, 2.24) is 15.0 Å². The standard InChI is InChI=1S/C26H29N3O4/c1-20-9-11-22(12-10-20)26-27-25(33-28-26)13-14-29(17-24-8-5-15-32-24)16-23(30)19-31-18-21-6-3-2-4-7-21/h2-12,15,23,30H,13-14,16-19H2,1H3. The van der Waals surface area contributed by atoms with Gasteiger partial charge in [0.1, 0.15) is 5.76 Å². The van der Waals surface area contributed by atoms with E-state index in [1.807, 2.05) is 73.7 Å². The Labute approximate surface area is 193 Å². The average Bonchev–Trinajstić information content (AvgIpc) is 3.51. The van der Waals surface area contributed by atoms with Crippen LogP contribution in [0.5, 0.6) is 0 Å². The van der Waals surface area contributed by atoms with Crippen LogP contribution in [0.3, 0.4) is 0 Å². The molecule has 1 N–H and O–H groups in total. The van der Waals surface area contributed by atoms with Gasteiger partial charge in [-0.15, -0.1) is 0 Å². The fraction of sp³-hybridized carbons (Fsp3) is 0.308. The monoisotopic (exact) mass is 447 g/mol. The molecule has 0 aliphatic rings. The summed E-state index contributed by atoms with van der Waals surface area (Å²) in [6, 6.07) is 21.7. The quantitative estimate of drug-likeness (QED) is 0.347. The van der Waals surface area contributed by atoms with Crippen molar-refractivity contribution < 1.29 is 18.8 Å². The Morgan fingerprint density at radius 2 is 1.85 bits per heavy atom. The third-order valence-corrected chi connectivity index (χ3v) is 5.27. The molecule has 1 atom stereocenters. The first kappa shape index (κ1) is 22.9. The molecule has 2 heterocycles. The van der Waals surface area contributed by atoms with Crippen LogP contribution < -0.4 is 0 Å². The molecule has 4 rings (SSSR count). The first-order valence-electron chi connectivity index (χ1n) is 11.1. The molecule has 33 heavy (non-hydrogen) atoms. The number of aliphatic hydroxyl groups is 1. The van der Waals surface area contributed by atoms with Crippen molar-refractivity contribution in [2.24, 2.45) is 0 Å². The van der Waals surface area contributed by atoms with E-state index in [1.165, 1.54) is 5.56 Å². The summed E-state index contributed by atoms with van der Waals surface area (Å²) in [6.45, 7) is 4.41. The minimum atomic E-state index is -0.630. The van der Waals surface area contributed by atoms with E-state index in [2.05, 4.69) is 15.0 Å². The molecule has 1 unspecified atom stereocenters.